The van der Waals surface area contributed by atoms with E-state index < -0.39 is 0 Å². The first kappa shape index (κ1) is 20.4. The molecule has 1 aromatic rings. The van der Waals surface area contributed by atoms with Crippen LogP contribution in [0.15, 0.2) is 6.20 Å². The van der Waals surface area contributed by atoms with Gasteiger partial charge in [0.2, 0.25) is 0 Å². The van der Waals surface area contributed by atoms with Gasteiger partial charge in [0.05, 0.1) is 6.54 Å². The molecule has 1 unspecified atom stereocenters. The summed E-state index contributed by atoms with van der Waals surface area (Å²) in [7, 11) is 0. The van der Waals surface area contributed by atoms with Crippen LogP contribution in [-0.4, -0.2) is 76.5 Å². The number of aryl methyl sites for hydroxylation is 1. The molecule has 1 atom stereocenters. The van der Waals surface area contributed by atoms with Crippen LogP contribution in [0.1, 0.15) is 69.3 Å². The lowest BCUT2D eigenvalue weighted by atomic mass is 9.95. The summed E-state index contributed by atoms with van der Waals surface area (Å²) >= 11 is 0. The number of aromatic nitrogens is 2. The second kappa shape index (κ2) is 10.2. The van der Waals surface area contributed by atoms with E-state index in [1.54, 1.807) is 0 Å². The van der Waals surface area contributed by atoms with Crippen LogP contribution in [0.3, 0.4) is 0 Å². The zero-order valence-corrected chi connectivity index (χ0v) is 18.0. The number of hydrogen-bond acceptors (Lipinski definition) is 4. The second-order valence-electron chi connectivity index (χ2n) is 9.59. The molecule has 28 heavy (non-hydrogen) atoms. The molecular weight excluding hydrogens is 346 g/mol. The highest BCUT2D eigenvalue weighted by Crippen LogP contribution is 2.28. The number of nitrogens with one attached hydrogen (secondary N) is 1. The summed E-state index contributed by atoms with van der Waals surface area (Å²) in [5.74, 6) is 1.96. The van der Waals surface area contributed by atoms with Crippen molar-refractivity contribution in [3.05, 3.63) is 17.7 Å². The average molecular weight is 388 g/mol. The van der Waals surface area contributed by atoms with Crippen LogP contribution in [0.25, 0.3) is 0 Å². The Kier molecular flexibility index (Phi) is 7.43. The molecule has 158 valence electrons. The lowest BCUT2D eigenvalue weighted by Crippen LogP contribution is -2.46. The summed E-state index contributed by atoms with van der Waals surface area (Å²) in [5, 5.41) is 0. The van der Waals surface area contributed by atoms with Crippen molar-refractivity contribution in [3.8, 4) is 0 Å². The Labute approximate surface area is 171 Å². The molecule has 0 aromatic carbocycles. The Morgan fingerprint density at radius 1 is 1.04 bits per heavy atom. The van der Waals surface area contributed by atoms with Gasteiger partial charge in [0.15, 0.2) is 0 Å². The van der Waals surface area contributed by atoms with Crippen LogP contribution < -0.4 is 0 Å². The van der Waals surface area contributed by atoms with Crippen molar-refractivity contribution in [2.24, 2.45) is 5.92 Å². The Bertz CT molecular complexity index is 573. The predicted octanol–water partition coefficient (Wildman–Crippen LogP) is 3.66. The van der Waals surface area contributed by atoms with E-state index in [-0.39, 0.29) is 0 Å². The number of imidazole rings is 1. The van der Waals surface area contributed by atoms with Crippen molar-refractivity contribution in [1.29, 1.82) is 0 Å². The fourth-order valence-corrected chi connectivity index (χ4v) is 5.67. The number of likely N-dealkylation sites (tertiary alicyclic amines) is 2. The van der Waals surface area contributed by atoms with Crippen molar-refractivity contribution in [2.75, 3.05) is 45.8 Å². The zero-order valence-electron chi connectivity index (χ0n) is 18.0. The normalized spacial score (nSPS) is 25.7. The fourth-order valence-electron chi connectivity index (χ4n) is 5.67. The van der Waals surface area contributed by atoms with Crippen LogP contribution in [0, 0.1) is 12.8 Å². The molecule has 2 aliphatic heterocycles. The number of H-pyrrole nitrogens is 1. The van der Waals surface area contributed by atoms with Gasteiger partial charge in [-0.05, 0) is 71.0 Å². The molecule has 1 N–H and O–H groups in total. The van der Waals surface area contributed by atoms with E-state index >= 15 is 0 Å². The number of piperidine rings is 2. The molecule has 0 spiro atoms. The molecule has 0 bridgehead atoms. The maximum absolute atomic E-state index is 4.60. The average Bonchev–Trinajstić information content (AvgIpc) is 3.39. The molecule has 3 fully saturated rings. The van der Waals surface area contributed by atoms with E-state index in [4.69, 9.17) is 0 Å². The molecule has 4 rings (SSSR count). The Balaban J connectivity index is 1.33. The summed E-state index contributed by atoms with van der Waals surface area (Å²) in [5.41, 5.74) is 1.18. The Hall–Kier alpha value is -0.910. The number of hydrogen-bond donors (Lipinski definition) is 1. The van der Waals surface area contributed by atoms with Crippen LogP contribution in [-0.2, 0) is 6.54 Å². The van der Waals surface area contributed by atoms with Crippen molar-refractivity contribution in [2.45, 2.75) is 77.3 Å². The van der Waals surface area contributed by atoms with Gasteiger partial charge in [-0.25, -0.2) is 4.98 Å². The number of aromatic amines is 1. The lowest BCUT2D eigenvalue weighted by Gasteiger charge is -2.39. The van der Waals surface area contributed by atoms with Crippen LogP contribution in [0.5, 0.6) is 0 Å². The third-order valence-corrected chi connectivity index (χ3v) is 7.22. The number of rotatable bonds is 8. The van der Waals surface area contributed by atoms with E-state index in [0.29, 0.717) is 0 Å². The van der Waals surface area contributed by atoms with E-state index in [9.17, 15) is 0 Å². The first-order chi connectivity index (χ1) is 13.8. The molecule has 5 nitrogen and oxygen atoms in total. The maximum atomic E-state index is 4.60. The van der Waals surface area contributed by atoms with Crippen molar-refractivity contribution < 1.29 is 0 Å². The molecule has 5 heteroatoms. The maximum Gasteiger partial charge on any atom is 0.120 e. The topological polar surface area (TPSA) is 38.4 Å². The lowest BCUT2D eigenvalue weighted by molar-refractivity contribution is 0.0904. The predicted molar refractivity (Wildman–Crippen MR) is 115 cm³/mol. The SMILES string of the molecule is Cc1cnc(CN(CCN2CCCCC2)CC2CCCN(C3CCCC3)C2)[nH]1. The molecule has 0 amide bonds. The molecule has 2 saturated heterocycles. The van der Waals surface area contributed by atoms with Crippen LogP contribution in [0.4, 0.5) is 0 Å². The zero-order chi connectivity index (χ0) is 19.2. The first-order valence-corrected chi connectivity index (χ1v) is 12.0. The van der Waals surface area contributed by atoms with Crippen LogP contribution >= 0.6 is 0 Å². The highest BCUT2D eigenvalue weighted by Gasteiger charge is 2.29. The summed E-state index contributed by atoms with van der Waals surface area (Å²) in [6, 6.07) is 0.886. The van der Waals surface area contributed by atoms with Gasteiger partial charge < -0.3 is 14.8 Å². The minimum absolute atomic E-state index is 0.826. The summed E-state index contributed by atoms with van der Waals surface area (Å²) < 4.78 is 0. The van der Waals surface area contributed by atoms with Gasteiger partial charge >= 0.3 is 0 Å². The summed E-state index contributed by atoms with van der Waals surface area (Å²) in [4.78, 5) is 16.3. The second-order valence-corrected chi connectivity index (χ2v) is 9.59. The van der Waals surface area contributed by atoms with E-state index in [0.717, 1.165) is 24.3 Å². The smallest absolute Gasteiger partial charge is 0.120 e. The van der Waals surface area contributed by atoms with Gasteiger partial charge in [-0.1, -0.05) is 19.3 Å². The van der Waals surface area contributed by atoms with Gasteiger partial charge in [-0.3, -0.25) is 4.90 Å². The van der Waals surface area contributed by atoms with Crippen molar-refractivity contribution in [3.63, 3.8) is 0 Å². The van der Waals surface area contributed by atoms with Gasteiger partial charge in [-0.15, -0.1) is 0 Å². The largest absolute Gasteiger partial charge is 0.345 e. The van der Waals surface area contributed by atoms with E-state index in [1.165, 1.54) is 109 Å². The molecular formula is C23H41N5. The highest BCUT2D eigenvalue weighted by molar-refractivity contribution is 4.98. The number of nitrogens with zero attached hydrogens (tertiary/aromatic N) is 4. The minimum Gasteiger partial charge on any atom is -0.345 e. The van der Waals surface area contributed by atoms with Crippen molar-refractivity contribution >= 4 is 0 Å². The van der Waals surface area contributed by atoms with Gasteiger partial charge in [0, 0.05) is 44.1 Å². The van der Waals surface area contributed by atoms with E-state index in [2.05, 4.69) is 31.6 Å². The van der Waals surface area contributed by atoms with Crippen LogP contribution in [0.2, 0.25) is 0 Å². The Morgan fingerprint density at radius 3 is 2.61 bits per heavy atom. The third-order valence-electron chi connectivity index (χ3n) is 7.22. The Morgan fingerprint density at radius 2 is 1.86 bits per heavy atom. The monoisotopic (exact) mass is 387 g/mol. The quantitative estimate of drug-likeness (QED) is 0.739. The minimum atomic E-state index is 0.826. The molecule has 3 aliphatic rings. The molecule has 1 saturated carbocycles. The molecule has 3 heterocycles. The summed E-state index contributed by atoms with van der Waals surface area (Å²) in [6.45, 7) is 12.0. The standard InChI is InChI=1S/C23H41N5/c1-20-16-24-23(25-20)19-27(15-14-26-11-5-2-6-12-26)17-21-8-7-13-28(18-21)22-9-3-4-10-22/h16,21-22H,2-15,17-19H2,1H3,(H,24,25). The highest BCUT2D eigenvalue weighted by atomic mass is 15.2. The summed E-state index contributed by atoms with van der Waals surface area (Å²) in [6.07, 6.45) is 14.7. The molecule has 1 aliphatic carbocycles. The molecule has 1 aromatic heterocycles. The van der Waals surface area contributed by atoms with Gasteiger partial charge in [0.1, 0.15) is 5.82 Å². The van der Waals surface area contributed by atoms with Crippen molar-refractivity contribution in [1.82, 2.24) is 24.7 Å². The van der Waals surface area contributed by atoms with Gasteiger partial charge in [0.25, 0.3) is 0 Å². The fraction of sp³-hybridized carbons (Fsp3) is 0.870. The first-order valence-electron chi connectivity index (χ1n) is 12.0. The third kappa shape index (κ3) is 5.80. The molecule has 0 radical (unpaired) electrons. The van der Waals surface area contributed by atoms with E-state index in [1.807, 2.05) is 6.20 Å². The van der Waals surface area contributed by atoms with Gasteiger partial charge in [-0.2, -0.15) is 0 Å².